The Kier molecular flexibility index (Phi) is 5.24. The number of hydrogen-bond acceptors (Lipinski definition) is 1. The molecule has 4 heteroatoms. The molecule has 0 aliphatic carbocycles. The predicted molar refractivity (Wildman–Crippen MR) is 75.7 cm³/mol. The number of benzene rings is 1. The maximum atomic E-state index is 10.6. The number of nitrogens with two attached hydrogens (primary N) is 1. The fourth-order valence-electron chi connectivity index (χ4n) is 1.90. The Balaban J connectivity index is 0.000000771. The highest BCUT2D eigenvalue weighted by Crippen LogP contribution is 2.19. The van der Waals surface area contributed by atoms with Crippen LogP contribution < -0.4 is 11.1 Å². The van der Waals surface area contributed by atoms with Crippen molar-refractivity contribution in [1.82, 2.24) is 10.3 Å². The molecule has 0 aliphatic heterocycles. The highest BCUT2D eigenvalue weighted by Gasteiger charge is 2.03. The van der Waals surface area contributed by atoms with Gasteiger partial charge in [-0.1, -0.05) is 26.0 Å². The molecule has 2 aromatic rings. The third-order valence-corrected chi connectivity index (χ3v) is 2.58. The summed E-state index contributed by atoms with van der Waals surface area (Å²) in [6.45, 7) is 6.60. The van der Waals surface area contributed by atoms with E-state index in [9.17, 15) is 4.79 Å². The Bertz CT molecular complexity index is 517. The summed E-state index contributed by atoms with van der Waals surface area (Å²) in [6.07, 6.45) is 0.789. The zero-order valence-corrected chi connectivity index (χ0v) is 11.2. The number of rotatable bonds is 3. The molecular weight excluding hydrogens is 226 g/mol. The zero-order valence-electron chi connectivity index (χ0n) is 11.2. The highest BCUT2D eigenvalue weighted by molar-refractivity contribution is 5.84. The van der Waals surface area contributed by atoms with Crippen molar-refractivity contribution in [2.45, 2.75) is 27.2 Å². The lowest BCUT2D eigenvalue weighted by Gasteiger charge is -2.03. The van der Waals surface area contributed by atoms with Gasteiger partial charge in [-0.15, -0.1) is 0 Å². The van der Waals surface area contributed by atoms with Gasteiger partial charge in [-0.25, -0.2) is 4.79 Å². The number of urea groups is 1. The molecule has 1 aromatic heterocycles. The van der Waals surface area contributed by atoms with Crippen LogP contribution in [0.3, 0.4) is 0 Å². The Labute approximate surface area is 108 Å². The summed E-state index contributed by atoms with van der Waals surface area (Å²) in [5.74, 6) is 0. The van der Waals surface area contributed by atoms with Crippen LogP contribution in [0.15, 0.2) is 24.3 Å². The topological polar surface area (TPSA) is 70.9 Å². The molecule has 0 atom stereocenters. The van der Waals surface area contributed by atoms with E-state index in [1.165, 1.54) is 10.9 Å². The van der Waals surface area contributed by atoms with E-state index >= 15 is 0 Å². The molecule has 1 heterocycles. The first-order valence-corrected chi connectivity index (χ1v) is 6.27. The molecule has 0 bridgehead atoms. The molecule has 0 aliphatic rings. The monoisotopic (exact) mass is 247 g/mol. The van der Waals surface area contributed by atoms with Crippen molar-refractivity contribution in [2.75, 3.05) is 6.54 Å². The predicted octanol–water partition coefficient (Wildman–Crippen LogP) is 2.71. The van der Waals surface area contributed by atoms with Crippen LogP contribution in [0, 0.1) is 6.92 Å². The fourth-order valence-corrected chi connectivity index (χ4v) is 1.90. The lowest BCUT2D eigenvalue weighted by atomic mass is 10.1. The van der Waals surface area contributed by atoms with Gasteiger partial charge >= 0.3 is 6.03 Å². The van der Waals surface area contributed by atoms with Crippen molar-refractivity contribution in [3.05, 3.63) is 35.5 Å². The first-order chi connectivity index (χ1) is 8.66. The number of nitrogens with one attached hydrogen (secondary N) is 2. The molecule has 0 spiro atoms. The Morgan fingerprint density at radius 1 is 1.39 bits per heavy atom. The number of aryl methyl sites for hydroxylation is 1. The van der Waals surface area contributed by atoms with Gasteiger partial charge in [0.2, 0.25) is 0 Å². The van der Waals surface area contributed by atoms with E-state index in [0.29, 0.717) is 6.54 Å². The molecule has 0 saturated heterocycles. The number of carbonyl (C=O) groups excluding carboxylic acids is 1. The molecule has 98 valence electrons. The fraction of sp³-hybridized carbons (Fsp3) is 0.357. The van der Waals surface area contributed by atoms with Crippen molar-refractivity contribution < 1.29 is 4.79 Å². The molecule has 18 heavy (non-hydrogen) atoms. The third-order valence-electron chi connectivity index (χ3n) is 2.58. The molecule has 4 N–H and O–H groups in total. The number of amides is 2. The Morgan fingerprint density at radius 2 is 2.11 bits per heavy atom. The van der Waals surface area contributed by atoms with Crippen LogP contribution in [0.2, 0.25) is 0 Å². The van der Waals surface area contributed by atoms with Gasteiger partial charge in [-0.05, 0) is 31.0 Å². The molecule has 0 fully saturated rings. The minimum Gasteiger partial charge on any atom is -0.359 e. The smallest absolute Gasteiger partial charge is 0.312 e. The molecule has 4 nitrogen and oxygen atoms in total. The van der Waals surface area contributed by atoms with Crippen LogP contribution in [0.4, 0.5) is 4.79 Å². The van der Waals surface area contributed by atoms with Gasteiger partial charge < -0.3 is 16.0 Å². The zero-order chi connectivity index (χ0) is 13.5. The first kappa shape index (κ1) is 14.1. The summed E-state index contributed by atoms with van der Waals surface area (Å²) in [4.78, 5) is 13.8. The number of fused-ring (bicyclic) bond motifs is 1. The van der Waals surface area contributed by atoms with Gasteiger partial charge in [0, 0.05) is 23.1 Å². The van der Waals surface area contributed by atoms with E-state index in [0.717, 1.165) is 17.6 Å². The average molecular weight is 247 g/mol. The van der Waals surface area contributed by atoms with Crippen LogP contribution in [0.25, 0.3) is 10.9 Å². The van der Waals surface area contributed by atoms with Crippen molar-refractivity contribution in [3.8, 4) is 0 Å². The van der Waals surface area contributed by atoms with E-state index in [1.807, 2.05) is 32.9 Å². The van der Waals surface area contributed by atoms with Crippen LogP contribution in [-0.2, 0) is 6.42 Å². The van der Waals surface area contributed by atoms with Gasteiger partial charge in [-0.3, -0.25) is 0 Å². The van der Waals surface area contributed by atoms with Gasteiger partial charge in [0.05, 0.1) is 0 Å². The summed E-state index contributed by atoms with van der Waals surface area (Å²) in [5, 5.41) is 3.81. The summed E-state index contributed by atoms with van der Waals surface area (Å²) in [6, 6.07) is 7.77. The van der Waals surface area contributed by atoms with Crippen molar-refractivity contribution in [3.63, 3.8) is 0 Å². The molecule has 2 amide bonds. The Hall–Kier alpha value is -1.97. The van der Waals surface area contributed by atoms with Gasteiger partial charge in [0.25, 0.3) is 0 Å². The number of H-pyrrole nitrogens is 1. The van der Waals surface area contributed by atoms with E-state index < -0.39 is 6.03 Å². The highest BCUT2D eigenvalue weighted by atomic mass is 16.2. The molecule has 0 saturated carbocycles. The second-order valence-electron chi connectivity index (χ2n) is 3.87. The van der Waals surface area contributed by atoms with Crippen LogP contribution in [0.1, 0.15) is 25.1 Å². The quantitative estimate of drug-likeness (QED) is 0.766. The number of hydrogen-bond donors (Lipinski definition) is 3. The first-order valence-electron chi connectivity index (χ1n) is 6.27. The van der Waals surface area contributed by atoms with Gasteiger partial charge in [-0.2, -0.15) is 0 Å². The van der Waals surface area contributed by atoms with E-state index in [-0.39, 0.29) is 0 Å². The van der Waals surface area contributed by atoms with E-state index in [1.54, 1.807) is 0 Å². The standard InChI is InChI=1S/C12H15N3O.C2H6/c1-8-7-10-9(5-6-14-12(13)16)3-2-4-11(10)15-8;1-2/h2-4,7,15H,5-6H2,1H3,(H3,13,14,16);1-2H3. The second-order valence-corrected chi connectivity index (χ2v) is 3.87. The Morgan fingerprint density at radius 3 is 2.78 bits per heavy atom. The number of aromatic nitrogens is 1. The lowest BCUT2D eigenvalue weighted by molar-refractivity contribution is 0.249. The van der Waals surface area contributed by atoms with Gasteiger partial charge in [0.1, 0.15) is 0 Å². The summed E-state index contributed by atoms with van der Waals surface area (Å²) >= 11 is 0. The molecular formula is C14H21N3O. The normalized spacial score (nSPS) is 9.72. The molecule has 1 aromatic carbocycles. The van der Waals surface area contributed by atoms with Gasteiger partial charge in [0.15, 0.2) is 0 Å². The number of carbonyl (C=O) groups is 1. The summed E-state index contributed by atoms with van der Waals surface area (Å²) in [7, 11) is 0. The van der Waals surface area contributed by atoms with E-state index in [2.05, 4.69) is 22.4 Å². The minimum atomic E-state index is -0.475. The van der Waals surface area contributed by atoms with Crippen LogP contribution in [-0.4, -0.2) is 17.6 Å². The second kappa shape index (κ2) is 6.69. The van der Waals surface area contributed by atoms with Crippen molar-refractivity contribution in [1.29, 1.82) is 0 Å². The number of aromatic amines is 1. The van der Waals surface area contributed by atoms with Crippen LogP contribution in [0.5, 0.6) is 0 Å². The summed E-state index contributed by atoms with van der Waals surface area (Å²) in [5.41, 5.74) is 8.51. The SMILES string of the molecule is CC.Cc1cc2c(CCNC(N)=O)cccc2[nH]1. The number of primary amides is 1. The minimum absolute atomic E-state index is 0.475. The average Bonchev–Trinajstić information content (AvgIpc) is 2.72. The van der Waals surface area contributed by atoms with Crippen molar-refractivity contribution in [2.24, 2.45) is 5.73 Å². The van der Waals surface area contributed by atoms with E-state index in [4.69, 9.17) is 5.73 Å². The maximum Gasteiger partial charge on any atom is 0.312 e. The summed E-state index contributed by atoms with van der Waals surface area (Å²) < 4.78 is 0. The van der Waals surface area contributed by atoms with Crippen molar-refractivity contribution >= 4 is 16.9 Å². The largest absolute Gasteiger partial charge is 0.359 e. The lowest BCUT2D eigenvalue weighted by Crippen LogP contribution is -2.30. The van der Waals surface area contributed by atoms with Crippen LogP contribution >= 0.6 is 0 Å². The third kappa shape index (κ3) is 3.52. The molecule has 0 radical (unpaired) electrons. The maximum absolute atomic E-state index is 10.6. The molecule has 0 unspecified atom stereocenters. The molecule has 2 rings (SSSR count).